The summed E-state index contributed by atoms with van der Waals surface area (Å²) < 4.78 is 10.6. The Labute approximate surface area is 102 Å². The highest BCUT2D eigenvalue weighted by molar-refractivity contribution is 7.98. The van der Waals surface area contributed by atoms with Crippen molar-refractivity contribution in [3.05, 3.63) is 23.8 Å². The van der Waals surface area contributed by atoms with Crippen LogP contribution in [0.15, 0.2) is 18.2 Å². The zero-order valence-electron chi connectivity index (χ0n) is 10.7. The maximum Gasteiger partial charge on any atom is 0.122 e. The van der Waals surface area contributed by atoms with Crippen LogP contribution in [-0.4, -0.2) is 26.2 Å². The maximum atomic E-state index is 5.28. The molecule has 0 saturated heterocycles. The molecule has 0 amide bonds. The van der Waals surface area contributed by atoms with Crippen LogP contribution in [0.1, 0.15) is 19.4 Å². The van der Waals surface area contributed by atoms with Gasteiger partial charge in [0.15, 0.2) is 0 Å². The van der Waals surface area contributed by atoms with Crippen LogP contribution < -0.4 is 9.47 Å². The number of hydrogen-bond donors (Lipinski definition) is 0. The van der Waals surface area contributed by atoms with Crippen LogP contribution in [0.3, 0.4) is 0 Å². The van der Waals surface area contributed by atoms with Crippen molar-refractivity contribution in [1.29, 1.82) is 0 Å². The fourth-order valence-corrected chi connectivity index (χ4v) is 2.53. The van der Waals surface area contributed by atoms with Crippen molar-refractivity contribution >= 4 is 11.8 Å². The Hall–Kier alpha value is -0.830. The topological polar surface area (TPSA) is 18.5 Å². The van der Waals surface area contributed by atoms with Crippen LogP contribution in [0.2, 0.25) is 0 Å². The number of methoxy groups -OCH3 is 2. The van der Waals surface area contributed by atoms with Gasteiger partial charge in [-0.05, 0) is 29.4 Å². The summed E-state index contributed by atoms with van der Waals surface area (Å²) in [6.07, 6.45) is 2.12. The summed E-state index contributed by atoms with van der Waals surface area (Å²) in [4.78, 5) is 0. The standard InChI is InChI=1S/C13H20O2S/c1-13(2,9-16-5)10-6-11(14-3)8-12(7-10)15-4/h6-8H,9H2,1-5H3. The van der Waals surface area contributed by atoms with E-state index in [1.165, 1.54) is 5.56 Å². The minimum atomic E-state index is 0.126. The molecule has 3 heteroatoms. The first-order valence-corrected chi connectivity index (χ1v) is 6.65. The summed E-state index contributed by atoms with van der Waals surface area (Å²) in [5.74, 6) is 2.77. The number of benzene rings is 1. The second-order valence-corrected chi connectivity index (χ2v) is 5.28. The van der Waals surface area contributed by atoms with Gasteiger partial charge >= 0.3 is 0 Å². The van der Waals surface area contributed by atoms with Crippen LogP contribution in [0.4, 0.5) is 0 Å². The number of hydrogen-bond acceptors (Lipinski definition) is 3. The Morgan fingerprint density at radius 3 is 1.94 bits per heavy atom. The van der Waals surface area contributed by atoms with Gasteiger partial charge in [-0.3, -0.25) is 0 Å². The fourth-order valence-electron chi connectivity index (χ4n) is 1.64. The molecule has 0 unspecified atom stereocenters. The van der Waals surface area contributed by atoms with Gasteiger partial charge in [-0.2, -0.15) is 11.8 Å². The molecule has 1 rings (SSSR count). The Morgan fingerprint density at radius 2 is 1.56 bits per heavy atom. The second-order valence-electron chi connectivity index (χ2n) is 4.42. The summed E-state index contributed by atoms with van der Waals surface area (Å²) in [5, 5.41) is 0. The first-order chi connectivity index (χ1) is 7.53. The van der Waals surface area contributed by atoms with Crippen molar-refractivity contribution in [2.75, 3.05) is 26.2 Å². The third kappa shape index (κ3) is 3.08. The second kappa shape index (κ2) is 5.48. The normalized spacial score (nSPS) is 11.3. The lowest BCUT2D eigenvalue weighted by Gasteiger charge is -2.25. The van der Waals surface area contributed by atoms with E-state index in [0.29, 0.717) is 0 Å². The third-order valence-electron chi connectivity index (χ3n) is 2.64. The van der Waals surface area contributed by atoms with Gasteiger partial charge in [0, 0.05) is 11.8 Å². The summed E-state index contributed by atoms with van der Waals surface area (Å²) in [7, 11) is 3.36. The number of thioether (sulfide) groups is 1. The first kappa shape index (κ1) is 13.2. The smallest absolute Gasteiger partial charge is 0.122 e. The van der Waals surface area contributed by atoms with Gasteiger partial charge in [0.2, 0.25) is 0 Å². The molecule has 0 radical (unpaired) electrons. The minimum Gasteiger partial charge on any atom is -0.497 e. The van der Waals surface area contributed by atoms with E-state index >= 15 is 0 Å². The van der Waals surface area contributed by atoms with Gasteiger partial charge in [0.05, 0.1) is 14.2 Å². The van der Waals surface area contributed by atoms with Crippen molar-refractivity contribution < 1.29 is 9.47 Å². The van der Waals surface area contributed by atoms with Gasteiger partial charge in [-0.1, -0.05) is 13.8 Å². The quantitative estimate of drug-likeness (QED) is 0.786. The van der Waals surface area contributed by atoms with Crippen molar-refractivity contribution in [2.24, 2.45) is 0 Å². The lowest BCUT2D eigenvalue weighted by atomic mass is 9.86. The van der Waals surface area contributed by atoms with E-state index in [2.05, 4.69) is 32.2 Å². The van der Waals surface area contributed by atoms with Crippen LogP contribution in [0, 0.1) is 0 Å². The predicted molar refractivity (Wildman–Crippen MR) is 71.0 cm³/mol. The summed E-state index contributed by atoms with van der Waals surface area (Å²) in [6.45, 7) is 4.47. The van der Waals surface area contributed by atoms with Crippen molar-refractivity contribution in [3.8, 4) is 11.5 Å². The van der Waals surface area contributed by atoms with E-state index in [1.54, 1.807) is 14.2 Å². The third-order valence-corrected chi connectivity index (χ3v) is 3.65. The van der Waals surface area contributed by atoms with Crippen molar-refractivity contribution in [1.82, 2.24) is 0 Å². The molecule has 0 aliphatic heterocycles. The highest BCUT2D eigenvalue weighted by Gasteiger charge is 2.21. The molecule has 2 nitrogen and oxygen atoms in total. The molecular formula is C13H20O2S. The Kier molecular flexibility index (Phi) is 4.54. The molecule has 0 fully saturated rings. The molecule has 0 N–H and O–H groups in total. The summed E-state index contributed by atoms with van der Waals surface area (Å²) >= 11 is 1.85. The average Bonchev–Trinajstić information content (AvgIpc) is 2.28. The lowest BCUT2D eigenvalue weighted by molar-refractivity contribution is 0.391. The van der Waals surface area contributed by atoms with E-state index in [4.69, 9.17) is 9.47 Å². The zero-order valence-corrected chi connectivity index (χ0v) is 11.5. The molecule has 0 atom stereocenters. The minimum absolute atomic E-state index is 0.126. The fraction of sp³-hybridized carbons (Fsp3) is 0.538. The van der Waals surface area contributed by atoms with Gasteiger partial charge < -0.3 is 9.47 Å². The molecule has 0 aliphatic rings. The van der Waals surface area contributed by atoms with E-state index < -0.39 is 0 Å². The molecule has 0 aliphatic carbocycles. The van der Waals surface area contributed by atoms with E-state index in [-0.39, 0.29) is 5.41 Å². The lowest BCUT2D eigenvalue weighted by Crippen LogP contribution is -2.20. The molecule has 0 aromatic heterocycles. The van der Waals surface area contributed by atoms with Gasteiger partial charge in [-0.25, -0.2) is 0 Å². The number of ether oxygens (including phenoxy) is 2. The van der Waals surface area contributed by atoms with E-state index in [1.807, 2.05) is 17.8 Å². The largest absolute Gasteiger partial charge is 0.497 e. The zero-order chi connectivity index (χ0) is 12.2. The Morgan fingerprint density at radius 1 is 1.06 bits per heavy atom. The molecule has 0 bridgehead atoms. The summed E-state index contributed by atoms with van der Waals surface area (Å²) in [6, 6.07) is 6.07. The van der Waals surface area contributed by atoms with Gasteiger partial charge in [-0.15, -0.1) is 0 Å². The Balaban J connectivity index is 3.11. The molecule has 0 heterocycles. The SMILES string of the molecule is COc1cc(OC)cc(C(C)(C)CSC)c1. The molecule has 0 saturated carbocycles. The van der Waals surface area contributed by atoms with Gasteiger partial charge in [0.1, 0.15) is 11.5 Å². The van der Waals surface area contributed by atoms with E-state index in [9.17, 15) is 0 Å². The summed E-state index contributed by atoms with van der Waals surface area (Å²) in [5.41, 5.74) is 1.37. The molecule has 0 spiro atoms. The van der Waals surface area contributed by atoms with Crippen molar-refractivity contribution in [2.45, 2.75) is 19.3 Å². The van der Waals surface area contributed by atoms with Crippen molar-refractivity contribution in [3.63, 3.8) is 0 Å². The van der Waals surface area contributed by atoms with Crippen LogP contribution in [0.5, 0.6) is 11.5 Å². The van der Waals surface area contributed by atoms with Gasteiger partial charge in [0.25, 0.3) is 0 Å². The molecule has 1 aromatic carbocycles. The average molecular weight is 240 g/mol. The molecule has 16 heavy (non-hydrogen) atoms. The first-order valence-electron chi connectivity index (χ1n) is 5.26. The maximum absolute atomic E-state index is 5.28. The predicted octanol–water partition coefficient (Wildman–Crippen LogP) is 3.34. The monoisotopic (exact) mass is 240 g/mol. The molecular weight excluding hydrogens is 220 g/mol. The highest BCUT2D eigenvalue weighted by atomic mass is 32.2. The van der Waals surface area contributed by atoms with Crippen LogP contribution >= 0.6 is 11.8 Å². The molecule has 1 aromatic rings. The highest BCUT2D eigenvalue weighted by Crippen LogP contribution is 2.32. The molecule has 90 valence electrons. The van der Waals surface area contributed by atoms with Crippen LogP contribution in [0.25, 0.3) is 0 Å². The van der Waals surface area contributed by atoms with E-state index in [0.717, 1.165) is 17.3 Å². The Bertz CT molecular complexity index is 326. The van der Waals surface area contributed by atoms with Crippen LogP contribution in [-0.2, 0) is 5.41 Å². The number of rotatable bonds is 5.